The first kappa shape index (κ1) is 25.9. The van der Waals surface area contributed by atoms with Gasteiger partial charge < -0.3 is 4.74 Å². The fourth-order valence-corrected chi connectivity index (χ4v) is 5.11. The van der Waals surface area contributed by atoms with Gasteiger partial charge in [0.1, 0.15) is 18.9 Å². The lowest BCUT2D eigenvalue weighted by Gasteiger charge is -2.25. The number of anilines is 1. The van der Waals surface area contributed by atoms with Crippen LogP contribution in [0.25, 0.3) is 10.8 Å². The first-order chi connectivity index (χ1) is 17.7. The van der Waals surface area contributed by atoms with Crippen LogP contribution in [0.2, 0.25) is 0 Å². The Morgan fingerprint density at radius 3 is 2.27 bits per heavy atom. The zero-order valence-electron chi connectivity index (χ0n) is 21.0. The number of carbonyl (C=O) groups excluding carboxylic acids is 1. The lowest BCUT2D eigenvalue weighted by atomic mass is 10.1. The molecule has 37 heavy (non-hydrogen) atoms. The second-order valence-corrected chi connectivity index (χ2v) is 10.7. The Bertz CT molecular complexity index is 1520. The summed E-state index contributed by atoms with van der Waals surface area (Å²) in [6.07, 6.45) is 2.58. The van der Waals surface area contributed by atoms with Crippen LogP contribution in [-0.2, 0) is 21.4 Å². The van der Waals surface area contributed by atoms with Crippen LogP contribution in [0.1, 0.15) is 22.3 Å². The molecule has 1 N–H and O–H groups in total. The minimum Gasteiger partial charge on any atom is -0.489 e. The number of sulfonamides is 1. The molecule has 4 aromatic carbocycles. The molecule has 8 heteroatoms. The van der Waals surface area contributed by atoms with E-state index >= 15 is 0 Å². The smallest absolute Gasteiger partial charge is 0.260 e. The number of rotatable bonds is 9. The van der Waals surface area contributed by atoms with Crippen LogP contribution in [0.3, 0.4) is 0 Å². The molecule has 0 aliphatic heterocycles. The largest absolute Gasteiger partial charge is 0.489 e. The molecular weight excluding hydrogens is 486 g/mol. The van der Waals surface area contributed by atoms with Crippen molar-refractivity contribution in [3.63, 3.8) is 0 Å². The van der Waals surface area contributed by atoms with Crippen LogP contribution in [0, 0.1) is 13.8 Å². The highest BCUT2D eigenvalue weighted by atomic mass is 32.2. The van der Waals surface area contributed by atoms with Crippen molar-refractivity contribution in [3.05, 3.63) is 107 Å². The third-order valence-corrected chi connectivity index (χ3v) is 7.05. The Morgan fingerprint density at radius 2 is 1.57 bits per heavy atom. The van der Waals surface area contributed by atoms with Gasteiger partial charge in [-0.05, 0) is 71.1 Å². The lowest BCUT2D eigenvalue weighted by Crippen LogP contribution is -2.39. The van der Waals surface area contributed by atoms with Crippen LogP contribution in [-0.4, -0.2) is 33.3 Å². The summed E-state index contributed by atoms with van der Waals surface area (Å²) in [4.78, 5) is 12.5. The number of hydrazone groups is 1. The highest BCUT2D eigenvalue weighted by molar-refractivity contribution is 7.92. The molecule has 0 fully saturated rings. The number of nitrogens with zero attached hydrogens (tertiary/aromatic N) is 2. The van der Waals surface area contributed by atoms with E-state index in [9.17, 15) is 13.2 Å². The van der Waals surface area contributed by atoms with Crippen molar-refractivity contribution >= 4 is 38.6 Å². The third kappa shape index (κ3) is 6.54. The summed E-state index contributed by atoms with van der Waals surface area (Å²) in [6.45, 7) is 3.70. The van der Waals surface area contributed by atoms with Gasteiger partial charge in [0.2, 0.25) is 10.0 Å². The number of hydrogen-bond donors (Lipinski definition) is 1. The summed E-state index contributed by atoms with van der Waals surface area (Å²) >= 11 is 0. The van der Waals surface area contributed by atoms with Gasteiger partial charge in [-0.3, -0.25) is 9.10 Å². The summed E-state index contributed by atoms with van der Waals surface area (Å²) in [7, 11) is -3.67. The molecule has 0 aliphatic carbocycles. The fraction of sp³-hybridized carbons (Fsp3) is 0.172. The van der Waals surface area contributed by atoms with Gasteiger partial charge in [0.25, 0.3) is 5.91 Å². The fourth-order valence-electron chi connectivity index (χ4n) is 4.14. The molecule has 0 saturated heterocycles. The van der Waals surface area contributed by atoms with E-state index in [1.165, 1.54) is 11.6 Å². The van der Waals surface area contributed by atoms with Gasteiger partial charge in [-0.15, -0.1) is 0 Å². The van der Waals surface area contributed by atoms with E-state index in [2.05, 4.69) is 34.8 Å². The molecule has 4 rings (SSSR count). The molecule has 4 aromatic rings. The second-order valence-electron chi connectivity index (χ2n) is 8.80. The predicted molar refractivity (Wildman–Crippen MR) is 149 cm³/mol. The van der Waals surface area contributed by atoms with E-state index in [1.807, 2.05) is 74.5 Å². The minimum atomic E-state index is -3.67. The van der Waals surface area contributed by atoms with Gasteiger partial charge in [-0.1, -0.05) is 60.7 Å². The maximum absolute atomic E-state index is 12.5. The van der Waals surface area contributed by atoms with Crippen molar-refractivity contribution in [2.45, 2.75) is 20.5 Å². The SMILES string of the molecule is Cc1cccc(C)c1N(CC(=O)N/N=C\c1ccc(OCc2cccc3ccccc23)cc1)S(C)(=O)=O. The molecule has 0 radical (unpaired) electrons. The zero-order valence-corrected chi connectivity index (χ0v) is 21.8. The van der Waals surface area contributed by atoms with E-state index in [0.29, 0.717) is 18.0 Å². The van der Waals surface area contributed by atoms with Crippen molar-refractivity contribution in [1.82, 2.24) is 5.43 Å². The standard InChI is InChI=1S/C29H29N3O4S/c1-21-8-6-9-22(2)29(21)32(37(3,34)35)19-28(33)31-30-18-23-14-16-26(17-15-23)36-20-25-12-7-11-24-10-4-5-13-27(24)25/h4-18H,19-20H2,1-3H3,(H,31,33)/b30-18-. The molecular formula is C29H29N3O4S. The maximum atomic E-state index is 12.5. The monoisotopic (exact) mass is 515 g/mol. The lowest BCUT2D eigenvalue weighted by molar-refractivity contribution is -0.119. The van der Waals surface area contributed by atoms with Crippen LogP contribution >= 0.6 is 0 Å². The van der Waals surface area contributed by atoms with Crippen LogP contribution in [0.15, 0.2) is 90.0 Å². The quantitative estimate of drug-likeness (QED) is 0.252. The number of ether oxygens (including phenoxy) is 1. The predicted octanol–water partition coefficient (Wildman–Crippen LogP) is 4.95. The Balaban J connectivity index is 1.35. The van der Waals surface area contributed by atoms with Crippen molar-refractivity contribution in [2.75, 3.05) is 17.1 Å². The van der Waals surface area contributed by atoms with Gasteiger partial charge in [0, 0.05) is 0 Å². The molecule has 0 unspecified atom stereocenters. The van der Waals surface area contributed by atoms with E-state index < -0.39 is 15.9 Å². The normalized spacial score (nSPS) is 11.5. The van der Waals surface area contributed by atoms with Crippen LogP contribution in [0.4, 0.5) is 5.69 Å². The molecule has 0 heterocycles. The van der Waals surface area contributed by atoms with Gasteiger partial charge in [-0.2, -0.15) is 5.10 Å². The Morgan fingerprint density at radius 1 is 0.919 bits per heavy atom. The van der Waals surface area contributed by atoms with E-state index in [0.717, 1.165) is 38.2 Å². The number of carbonyl (C=O) groups is 1. The van der Waals surface area contributed by atoms with Gasteiger partial charge in [0.05, 0.1) is 18.2 Å². The van der Waals surface area contributed by atoms with Gasteiger partial charge in [-0.25, -0.2) is 13.8 Å². The summed E-state index contributed by atoms with van der Waals surface area (Å²) in [5.41, 5.74) is 6.32. The Labute approximate surface area is 217 Å². The molecule has 0 aliphatic rings. The molecule has 190 valence electrons. The van der Waals surface area contributed by atoms with E-state index in [-0.39, 0.29) is 6.54 Å². The summed E-state index contributed by atoms with van der Waals surface area (Å²) < 4.78 is 31.9. The zero-order chi connectivity index (χ0) is 26.4. The van der Waals surface area contributed by atoms with Crippen molar-refractivity contribution in [1.29, 1.82) is 0 Å². The highest BCUT2D eigenvalue weighted by Crippen LogP contribution is 2.26. The molecule has 0 saturated carbocycles. The third-order valence-electron chi connectivity index (χ3n) is 5.93. The van der Waals surface area contributed by atoms with E-state index in [1.54, 1.807) is 0 Å². The second kappa shape index (κ2) is 11.3. The summed E-state index contributed by atoms with van der Waals surface area (Å²) in [5, 5.41) is 6.32. The van der Waals surface area contributed by atoms with Gasteiger partial charge in [0.15, 0.2) is 0 Å². The molecule has 0 aromatic heterocycles. The molecule has 1 amide bonds. The number of benzene rings is 4. The average molecular weight is 516 g/mol. The molecule has 7 nitrogen and oxygen atoms in total. The summed E-state index contributed by atoms with van der Waals surface area (Å²) in [5.74, 6) is 0.172. The molecule has 0 spiro atoms. The van der Waals surface area contributed by atoms with E-state index in [4.69, 9.17) is 4.74 Å². The molecule has 0 atom stereocenters. The first-order valence-electron chi connectivity index (χ1n) is 11.8. The van der Waals surface area contributed by atoms with Crippen molar-refractivity contribution < 1.29 is 17.9 Å². The number of amides is 1. The van der Waals surface area contributed by atoms with Gasteiger partial charge >= 0.3 is 0 Å². The maximum Gasteiger partial charge on any atom is 0.260 e. The summed E-state index contributed by atoms with van der Waals surface area (Å²) in [6, 6.07) is 27.1. The first-order valence-corrected chi connectivity index (χ1v) is 13.6. The van der Waals surface area contributed by atoms with Crippen LogP contribution in [0.5, 0.6) is 5.75 Å². The Hall–Kier alpha value is -4.17. The number of para-hydroxylation sites is 1. The molecule has 0 bridgehead atoms. The Kier molecular flexibility index (Phi) is 7.89. The topological polar surface area (TPSA) is 88.1 Å². The number of aryl methyl sites for hydroxylation is 2. The highest BCUT2D eigenvalue weighted by Gasteiger charge is 2.23. The van der Waals surface area contributed by atoms with Crippen LogP contribution < -0.4 is 14.5 Å². The number of fused-ring (bicyclic) bond motifs is 1. The average Bonchev–Trinajstić information content (AvgIpc) is 2.87. The van der Waals surface area contributed by atoms with Crippen molar-refractivity contribution in [3.8, 4) is 5.75 Å². The minimum absolute atomic E-state index is 0.372. The number of nitrogens with one attached hydrogen (secondary N) is 1. The van der Waals surface area contributed by atoms with Crippen molar-refractivity contribution in [2.24, 2.45) is 5.10 Å². The number of hydrogen-bond acceptors (Lipinski definition) is 5.